The minimum absolute atomic E-state index is 0.0915. The zero-order valence-electron chi connectivity index (χ0n) is 8.78. The van der Waals surface area contributed by atoms with Gasteiger partial charge >= 0.3 is 0 Å². The van der Waals surface area contributed by atoms with Crippen LogP contribution in [0.25, 0.3) is 0 Å². The topological polar surface area (TPSA) is 52.5 Å². The molecule has 0 bridgehead atoms. The number of rotatable bonds is 1. The highest BCUT2D eigenvalue weighted by Crippen LogP contribution is 2.34. The molecule has 0 saturated heterocycles. The summed E-state index contributed by atoms with van der Waals surface area (Å²) in [7, 11) is 0. The fourth-order valence-electron chi connectivity index (χ4n) is 1.32. The first-order valence-corrected chi connectivity index (χ1v) is 7.19. The summed E-state index contributed by atoms with van der Waals surface area (Å²) < 4.78 is 1.34. The lowest BCUT2D eigenvalue weighted by Crippen LogP contribution is -2.02. The Morgan fingerprint density at radius 1 is 1.06 bits per heavy atom. The summed E-state index contributed by atoms with van der Waals surface area (Å²) in [5.41, 5.74) is 1.26. The Labute approximate surface area is 129 Å². The van der Waals surface area contributed by atoms with Crippen molar-refractivity contribution in [2.24, 2.45) is 4.99 Å². The van der Waals surface area contributed by atoms with E-state index in [0.29, 0.717) is 24.8 Å². The molecule has 0 radical (unpaired) electrons. The van der Waals surface area contributed by atoms with Crippen LogP contribution in [0.1, 0.15) is 0 Å². The fraction of sp³-hybridized carbons (Fsp3) is 0. The second kappa shape index (κ2) is 5.50. The van der Waals surface area contributed by atoms with Crippen LogP contribution in [0.3, 0.4) is 0 Å². The van der Waals surface area contributed by atoms with Gasteiger partial charge < -0.3 is 5.11 Å². The Kier molecular flexibility index (Phi) is 4.19. The lowest BCUT2D eigenvalue weighted by molar-refractivity contribution is -0.270. The number of hydrogen-bond acceptors (Lipinski definition) is 3. The van der Waals surface area contributed by atoms with Crippen LogP contribution >= 0.6 is 47.8 Å². The van der Waals surface area contributed by atoms with E-state index in [9.17, 15) is 9.90 Å². The van der Waals surface area contributed by atoms with Gasteiger partial charge in [-0.2, -0.15) is 0 Å². The maximum Gasteiger partial charge on any atom is 0.192 e. The standard InChI is InChI=1S/C12H6Br3NO2/c13-8-3-6(1-2-11(8)17)16-7-4-9(14)12(18)10(15)5-7/h1-5,18H/p-1. The van der Waals surface area contributed by atoms with Crippen molar-refractivity contribution in [2.75, 3.05) is 0 Å². The first kappa shape index (κ1) is 13.7. The van der Waals surface area contributed by atoms with Gasteiger partial charge in [0.15, 0.2) is 5.78 Å². The molecule has 0 aromatic heterocycles. The third kappa shape index (κ3) is 2.99. The Hall–Kier alpha value is -0.720. The Bertz CT molecular complexity index is 595. The highest BCUT2D eigenvalue weighted by Gasteiger charge is 2.09. The molecule has 1 aromatic carbocycles. The van der Waals surface area contributed by atoms with Crippen molar-refractivity contribution in [1.29, 1.82) is 0 Å². The monoisotopic (exact) mass is 432 g/mol. The third-order valence-electron chi connectivity index (χ3n) is 2.16. The average Bonchev–Trinajstić information content (AvgIpc) is 2.31. The summed E-state index contributed by atoms with van der Waals surface area (Å²) in [5.74, 6) is -0.212. The van der Waals surface area contributed by atoms with Crippen molar-refractivity contribution in [2.45, 2.75) is 0 Å². The van der Waals surface area contributed by atoms with E-state index < -0.39 is 0 Å². The van der Waals surface area contributed by atoms with Gasteiger partial charge in [-0.3, -0.25) is 4.79 Å². The maximum atomic E-state index is 11.5. The number of aliphatic imine (C=N–C) groups is 1. The zero-order chi connectivity index (χ0) is 13.3. The number of carbonyl (C=O) groups excluding carboxylic acids is 1. The van der Waals surface area contributed by atoms with Crippen LogP contribution < -0.4 is 5.11 Å². The fourth-order valence-corrected chi connectivity index (χ4v) is 2.85. The smallest absolute Gasteiger partial charge is 0.192 e. The summed E-state index contributed by atoms with van der Waals surface area (Å²) in [5, 5.41) is 11.5. The normalized spacial score (nSPS) is 17.2. The molecule has 1 aromatic rings. The number of benzene rings is 1. The number of allylic oxidation sites excluding steroid dienone is 4. The van der Waals surface area contributed by atoms with Gasteiger partial charge in [0.25, 0.3) is 0 Å². The van der Waals surface area contributed by atoms with E-state index in [4.69, 9.17) is 0 Å². The van der Waals surface area contributed by atoms with E-state index in [2.05, 4.69) is 52.8 Å². The molecule has 6 heteroatoms. The van der Waals surface area contributed by atoms with Crippen LogP contribution in [0, 0.1) is 0 Å². The van der Waals surface area contributed by atoms with Crippen LogP contribution in [-0.2, 0) is 4.79 Å². The van der Waals surface area contributed by atoms with Crippen molar-refractivity contribution in [3.8, 4) is 5.75 Å². The molecule has 0 N–H and O–H groups in total. The van der Waals surface area contributed by atoms with E-state index in [1.165, 1.54) is 6.08 Å². The molecule has 0 unspecified atom stereocenters. The summed E-state index contributed by atoms with van der Waals surface area (Å²) in [6.45, 7) is 0. The van der Waals surface area contributed by atoms with Crippen molar-refractivity contribution >= 4 is 65.0 Å². The Balaban J connectivity index is 2.41. The van der Waals surface area contributed by atoms with E-state index >= 15 is 0 Å². The molecule has 0 atom stereocenters. The molecule has 1 aliphatic carbocycles. The summed E-state index contributed by atoms with van der Waals surface area (Å²) >= 11 is 9.51. The lowest BCUT2D eigenvalue weighted by atomic mass is 10.1. The van der Waals surface area contributed by atoms with Gasteiger partial charge in [0.1, 0.15) is 0 Å². The number of halogens is 3. The van der Waals surface area contributed by atoms with Crippen molar-refractivity contribution in [3.63, 3.8) is 0 Å². The summed E-state index contributed by atoms with van der Waals surface area (Å²) in [6, 6.07) is 3.26. The highest BCUT2D eigenvalue weighted by molar-refractivity contribution is 9.12. The predicted octanol–water partition coefficient (Wildman–Crippen LogP) is 3.78. The van der Waals surface area contributed by atoms with Gasteiger partial charge in [-0.15, -0.1) is 0 Å². The van der Waals surface area contributed by atoms with Crippen LogP contribution in [0.2, 0.25) is 0 Å². The molecule has 1 aliphatic rings. The SMILES string of the molecule is O=C1C=CC(=Nc2cc(Br)c([O-])c(Br)c2)C=C1Br. The van der Waals surface area contributed by atoms with Crippen LogP contribution in [0.4, 0.5) is 5.69 Å². The Morgan fingerprint density at radius 2 is 1.67 bits per heavy atom. The molecular weight excluding hydrogens is 430 g/mol. The number of hydrogen-bond donors (Lipinski definition) is 0. The maximum absolute atomic E-state index is 11.5. The molecule has 3 nitrogen and oxygen atoms in total. The molecule has 0 amide bonds. The summed E-state index contributed by atoms with van der Waals surface area (Å²) in [4.78, 5) is 15.6. The van der Waals surface area contributed by atoms with Crippen LogP contribution in [0.15, 0.2) is 48.8 Å². The van der Waals surface area contributed by atoms with Gasteiger partial charge in [0, 0.05) is 8.95 Å². The molecule has 18 heavy (non-hydrogen) atoms. The van der Waals surface area contributed by atoms with E-state index in [1.54, 1.807) is 24.3 Å². The molecular formula is C12H5Br3NO2-. The van der Waals surface area contributed by atoms with Crippen LogP contribution in [0.5, 0.6) is 5.75 Å². The van der Waals surface area contributed by atoms with Crippen LogP contribution in [-0.4, -0.2) is 11.5 Å². The number of carbonyl (C=O) groups is 1. The first-order chi connectivity index (χ1) is 8.47. The van der Waals surface area contributed by atoms with Gasteiger partial charge in [-0.25, -0.2) is 4.99 Å². The minimum Gasteiger partial charge on any atom is -0.871 e. The third-order valence-corrected chi connectivity index (χ3v) is 3.95. The number of ketones is 1. The first-order valence-electron chi connectivity index (χ1n) is 4.82. The minimum atomic E-state index is -0.120. The molecule has 0 spiro atoms. The highest BCUT2D eigenvalue weighted by atomic mass is 79.9. The van der Waals surface area contributed by atoms with Crippen molar-refractivity contribution < 1.29 is 9.90 Å². The largest absolute Gasteiger partial charge is 0.871 e. The molecule has 0 aliphatic heterocycles. The molecule has 0 fully saturated rings. The zero-order valence-corrected chi connectivity index (χ0v) is 13.5. The van der Waals surface area contributed by atoms with Gasteiger partial charge in [-0.1, -0.05) is 37.6 Å². The molecule has 0 heterocycles. The predicted molar refractivity (Wildman–Crippen MR) is 79.5 cm³/mol. The van der Waals surface area contributed by atoms with E-state index in [0.717, 1.165) is 0 Å². The second-order valence-corrected chi connectivity index (χ2v) is 6.03. The molecule has 2 rings (SSSR count). The van der Waals surface area contributed by atoms with E-state index in [1.807, 2.05) is 0 Å². The van der Waals surface area contributed by atoms with E-state index in [-0.39, 0.29) is 11.5 Å². The molecule has 92 valence electrons. The number of nitrogens with zero attached hydrogens (tertiary/aromatic N) is 1. The second-order valence-electron chi connectivity index (χ2n) is 3.47. The average molecular weight is 435 g/mol. The summed E-state index contributed by atoms with van der Waals surface area (Å²) in [6.07, 6.45) is 4.70. The van der Waals surface area contributed by atoms with Gasteiger partial charge in [0.2, 0.25) is 0 Å². The Morgan fingerprint density at radius 3 is 2.22 bits per heavy atom. The quantitative estimate of drug-likeness (QED) is 0.632. The van der Waals surface area contributed by atoms with Crippen molar-refractivity contribution in [3.05, 3.63) is 43.8 Å². The van der Waals surface area contributed by atoms with Crippen molar-refractivity contribution in [1.82, 2.24) is 0 Å². The van der Waals surface area contributed by atoms with Gasteiger partial charge in [-0.05, 0) is 46.3 Å². The molecule has 0 saturated carbocycles. The lowest BCUT2D eigenvalue weighted by Gasteiger charge is -2.12. The van der Waals surface area contributed by atoms with Gasteiger partial charge in [0.05, 0.1) is 15.9 Å².